The Morgan fingerprint density at radius 2 is 1.32 bits per heavy atom. The lowest BCUT2D eigenvalue weighted by atomic mass is 9.80. The van der Waals surface area contributed by atoms with Crippen molar-refractivity contribution in [3.05, 3.63) is 71.8 Å². The average Bonchev–Trinajstić information content (AvgIpc) is 2.47. The predicted octanol–water partition coefficient (Wildman–Crippen LogP) is 4.62. The molecule has 3 rings (SSSR count). The Hall–Kier alpha value is -2.48. The van der Waals surface area contributed by atoms with Crippen LogP contribution in [-0.2, 0) is 4.79 Å². The summed E-state index contributed by atoms with van der Waals surface area (Å²) in [7, 11) is 0. The van der Waals surface area contributed by atoms with E-state index < -0.39 is 5.41 Å². The molecule has 0 fully saturated rings. The summed E-state index contributed by atoms with van der Waals surface area (Å²) in [4.78, 5) is 17.2. The summed E-state index contributed by atoms with van der Waals surface area (Å²) in [5, 5.41) is 0. The molecular weight excluding hydrogens is 270 g/mol. The molecule has 0 bridgehead atoms. The second-order valence-corrected chi connectivity index (χ2v) is 6.50. The normalized spacial score (nSPS) is 14.4. The summed E-state index contributed by atoms with van der Waals surface area (Å²) in [5.74, 6) is 0.0889. The number of benzene rings is 2. The van der Waals surface area contributed by atoms with E-state index >= 15 is 0 Å². The molecule has 0 saturated carbocycles. The van der Waals surface area contributed by atoms with Gasteiger partial charge in [0.2, 0.25) is 0 Å². The Morgan fingerprint density at radius 3 is 1.82 bits per heavy atom. The van der Waals surface area contributed by atoms with Gasteiger partial charge in [-0.1, -0.05) is 81.4 Å². The third-order valence-corrected chi connectivity index (χ3v) is 3.70. The molecule has 2 aromatic carbocycles. The van der Waals surface area contributed by atoms with Crippen LogP contribution in [0, 0.1) is 5.41 Å². The number of allylic oxidation sites excluding steroid dienone is 1. The fraction of sp³-hybridized carbons (Fsp3) is 0.200. The van der Waals surface area contributed by atoms with Crippen molar-refractivity contribution in [1.82, 2.24) is 0 Å². The van der Waals surface area contributed by atoms with Gasteiger partial charge in [-0.15, -0.1) is 0 Å². The van der Waals surface area contributed by atoms with E-state index in [4.69, 9.17) is 0 Å². The molecule has 2 nitrogen and oxygen atoms in total. The van der Waals surface area contributed by atoms with Crippen molar-refractivity contribution in [1.29, 1.82) is 0 Å². The quantitative estimate of drug-likeness (QED) is 0.810. The first-order valence-electron chi connectivity index (χ1n) is 7.47. The Bertz CT molecular complexity index is 762. The van der Waals surface area contributed by atoms with Crippen LogP contribution < -0.4 is 0 Å². The highest BCUT2D eigenvalue weighted by molar-refractivity contribution is 6.63. The molecular formula is C20H19NO. The molecule has 0 unspecified atom stereocenters. The van der Waals surface area contributed by atoms with E-state index in [-0.39, 0.29) is 5.78 Å². The zero-order valence-electron chi connectivity index (χ0n) is 13.1. The molecule has 0 N–H and O–H groups in total. The van der Waals surface area contributed by atoms with Gasteiger partial charge in [-0.3, -0.25) is 4.79 Å². The third kappa shape index (κ3) is 2.52. The molecule has 0 aliphatic carbocycles. The third-order valence-electron chi connectivity index (χ3n) is 3.70. The maximum atomic E-state index is 12.6. The maximum Gasteiger partial charge on any atom is 0.187 e. The van der Waals surface area contributed by atoms with Crippen LogP contribution in [0.3, 0.4) is 0 Å². The number of hydrogen-bond donors (Lipinski definition) is 0. The minimum atomic E-state index is -0.429. The molecule has 0 aromatic heterocycles. The Balaban J connectivity index is 2.08. The first kappa shape index (κ1) is 14.5. The smallest absolute Gasteiger partial charge is 0.187 e. The highest BCUT2D eigenvalue weighted by Crippen LogP contribution is 2.38. The van der Waals surface area contributed by atoms with E-state index in [9.17, 15) is 4.79 Å². The van der Waals surface area contributed by atoms with Crippen molar-refractivity contribution in [2.45, 2.75) is 20.8 Å². The topological polar surface area (TPSA) is 29.4 Å². The second-order valence-electron chi connectivity index (χ2n) is 6.50. The molecule has 0 amide bonds. The molecule has 0 atom stereocenters. The van der Waals surface area contributed by atoms with Gasteiger partial charge in [0.15, 0.2) is 5.78 Å². The Labute approximate surface area is 131 Å². The largest absolute Gasteiger partial charge is 0.292 e. The average molecular weight is 289 g/mol. The Kier molecular flexibility index (Phi) is 3.53. The Morgan fingerprint density at radius 1 is 0.818 bits per heavy atom. The van der Waals surface area contributed by atoms with Gasteiger partial charge >= 0.3 is 0 Å². The second kappa shape index (κ2) is 5.38. The van der Waals surface area contributed by atoms with E-state index in [1.54, 1.807) is 0 Å². The zero-order valence-corrected chi connectivity index (χ0v) is 13.1. The van der Waals surface area contributed by atoms with Gasteiger partial charge in [0.05, 0.1) is 5.70 Å². The fourth-order valence-corrected chi connectivity index (χ4v) is 2.49. The number of ketones is 1. The van der Waals surface area contributed by atoms with Gasteiger partial charge < -0.3 is 0 Å². The van der Waals surface area contributed by atoms with Crippen LogP contribution in [-0.4, -0.2) is 11.5 Å². The van der Waals surface area contributed by atoms with Crippen LogP contribution in [0.1, 0.15) is 31.9 Å². The van der Waals surface area contributed by atoms with Crippen molar-refractivity contribution in [2.75, 3.05) is 0 Å². The minimum Gasteiger partial charge on any atom is -0.292 e. The molecule has 1 heterocycles. The number of aliphatic imine (C=N–C) groups is 1. The van der Waals surface area contributed by atoms with E-state index in [0.717, 1.165) is 22.4 Å². The summed E-state index contributed by atoms with van der Waals surface area (Å²) < 4.78 is 0. The molecule has 110 valence electrons. The summed E-state index contributed by atoms with van der Waals surface area (Å²) in [6.45, 7) is 5.79. The van der Waals surface area contributed by atoms with Crippen LogP contribution in [0.15, 0.2) is 65.7 Å². The van der Waals surface area contributed by atoms with E-state index in [1.807, 2.05) is 81.4 Å². The van der Waals surface area contributed by atoms with Gasteiger partial charge in [0, 0.05) is 16.6 Å². The summed E-state index contributed by atoms with van der Waals surface area (Å²) in [6.07, 6.45) is 0. The standard InChI is InChI=1S/C20H19NO/c1-20(2,3)19(22)18-16(14-10-6-4-7-11-14)17(21-18)15-12-8-5-9-13-15/h4-13H,1-3H3. The number of Topliss-reactive ketones (excluding diaryl/α,β-unsaturated/α-hetero) is 1. The van der Waals surface area contributed by atoms with E-state index in [0.29, 0.717) is 5.71 Å². The molecule has 0 radical (unpaired) electrons. The molecule has 2 heteroatoms. The van der Waals surface area contributed by atoms with Crippen LogP contribution in [0.2, 0.25) is 0 Å². The number of hydrogen-bond acceptors (Lipinski definition) is 2. The lowest BCUT2D eigenvalue weighted by Gasteiger charge is -2.27. The fourth-order valence-electron chi connectivity index (χ4n) is 2.49. The van der Waals surface area contributed by atoms with Gasteiger partial charge in [-0.05, 0) is 5.56 Å². The zero-order chi connectivity index (χ0) is 15.7. The molecule has 1 aliphatic heterocycles. The van der Waals surface area contributed by atoms with Gasteiger partial charge in [-0.25, -0.2) is 4.99 Å². The molecule has 1 aliphatic rings. The van der Waals surface area contributed by atoms with Crippen molar-refractivity contribution in [2.24, 2.45) is 10.4 Å². The SMILES string of the molecule is CC(C)(C)C(=O)C1=NC(c2ccccc2)=C1c1ccccc1. The van der Waals surface area contributed by atoms with Crippen LogP contribution in [0.5, 0.6) is 0 Å². The van der Waals surface area contributed by atoms with Crippen molar-refractivity contribution >= 4 is 22.8 Å². The lowest BCUT2D eigenvalue weighted by Crippen LogP contribution is -2.33. The van der Waals surface area contributed by atoms with Gasteiger partial charge in [0.1, 0.15) is 5.71 Å². The van der Waals surface area contributed by atoms with E-state index in [2.05, 4.69) is 4.99 Å². The monoisotopic (exact) mass is 289 g/mol. The van der Waals surface area contributed by atoms with Crippen molar-refractivity contribution in [3.63, 3.8) is 0 Å². The highest BCUT2D eigenvalue weighted by atomic mass is 16.1. The van der Waals surface area contributed by atoms with Gasteiger partial charge in [0.25, 0.3) is 0 Å². The highest BCUT2D eigenvalue weighted by Gasteiger charge is 2.35. The van der Waals surface area contributed by atoms with Crippen LogP contribution >= 0.6 is 0 Å². The minimum absolute atomic E-state index is 0.0889. The summed E-state index contributed by atoms with van der Waals surface area (Å²) in [5.41, 5.74) is 4.13. The number of nitrogens with zero attached hydrogens (tertiary/aromatic N) is 1. The van der Waals surface area contributed by atoms with Crippen LogP contribution in [0.4, 0.5) is 0 Å². The number of carbonyl (C=O) groups is 1. The predicted molar refractivity (Wildman–Crippen MR) is 91.6 cm³/mol. The van der Waals surface area contributed by atoms with Crippen molar-refractivity contribution in [3.8, 4) is 0 Å². The summed E-state index contributed by atoms with van der Waals surface area (Å²) in [6, 6.07) is 20.0. The first-order valence-corrected chi connectivity index (χ1v) is 7.47. The van der Waals surface area contributed by atoms with E-state index in [1.165, 1.54) is 0 Å². The maximum absolute atomic E-state index is 12.6. The molecule has 0 spiro atoms. The molecule has 2 aromatic rings. The number of rotatable bonds is 3. The first-order chi connectivity index (χ1) is 10.5. The lowest BCUT2D eigenvalue weighted by molar-refractivity contribution is -0.119. The molecule has 0 saturated heterocycles. The summed E-state index contributed by atoms with van der Waals surface area (Å²) >= 11 is 0. The van der Waals surface area contributed by atoms with Crippen molar-refractivity contribution < 1.29 is 4.79 Å². The molecule has 22 heavy (non-hydrogen) atoms. The van der Waals surface area contributed by atoms with Crippen LogP contribution in [0.25, 0.3) is 11.3 Å². The van der Waals surface area contributed by atoms with Gasteiger partial charge in [-0.2, -0.15) is 0 Å². The number of carbonyl (C=O) groups excluding carboxylic acids is 1.